The summed E-state index contributed by atoms with van der Waals surface area (Å²) in [6.45, 7) is 0. The number of rotatable bonds is 4. The van der Waals surface area contributed by atoms with Crippen LogP contribution in [0.5, 0.6) is 0 Å². The van der Waals surface area contributed by atoms with Crippen LogP contribution >= 0.6 is 50.5 Å². The lowest BCUT2D eigenvalue weighted by Gasteiger charge is -2.04. The van der Waals surface area contributed by atoms with E-state index < -0.39 is 0 Å². The maximum atomic E-state index is 12.3. The summed E-state index contributed by atoms with van der Waals surface area (Å²) in [5.74, 6) is -0.245. The van der Waals surface area contributed by atoms with E-state index in [2.05, 4.69) is 26.2 Å². The van der Waals surface area contributed by atoms with Crippen molar-refractivity contribution < 1.29 is 4.79 Å². The van der Waals surface area contributed by atoms with E-state index >= 15 is 0 Å². The fourth-order valence-electron chi connectivity index (χ4n) is 2.08. The van der Waals surface area contributed by atoms with Crippen LogP contribution in [0.15, 0.2) is 52.3 Å². The molecule has 0 atom stereocenters. The lowest BCUT2D eigenvalue weighted by molar-refractivity contribution is 0.102. The summed E-state index contributed by atoms with van der Waals surface area (Å²) in [6, 6.07) is 12.7. The number of carbonyl (C=O) groups excluding carboxylic acids is 1. The van der Waals surface area contributed by atoms with Crippen molar-refractivity contribution in [3.8, 4) is 0 Å². The molecule has 1 amide bonds. The van der Waals surface area contributed by atoms with E-state index in [4.69, 9.17) is 23.2 Å². The Morgan fingerprint density at radius 1 is 1.12 bits per heavy atom. The van der Waals surface area contributed by atoms with Gasteiger partial charge in [-0.15, -0.1) is 11.3 Å². The quantitative estimate of drug-likeness (QED) is 0.534. The molecule has 3 nitrogen and oxygen atoms in total. The first-order valence-electron chi connectivity index (χ1n) is 6.97. The number of nitrogens with one attached hydrogen (secondary N) is 1. The van der Waals surface area contributed by atoms with Crippen LogP contribution in [0.25, 0.3) is 0 Å². The lowest BCUT2D eigenvalue weighted by atomic mass is 10.1. The Balaban J connectivity index is 1.73. The summed E-state index contributed by atoms with van der Waals surface area (Å²) < 4.78 is 0.952. The molecule has 0 aliphatic carbocycles. The van der Waals surface area contributed by atoms with Gasteiger partial charge in [0.2, 0.25) is 0 Å². The van der Waals surface area contributed by atoms with E-state index in [1.165, 1.54) is 11.3 Å². The molecular weight excluding hydrogens is 431 g/mol. The first-order chi connectivity index (χ1) is 11.5. The molecule has 3 rings (SSSR count). The van der Waals surface area contributed by atoms with E-state index in [0.717, 1.165) is 15.0 Å². The van der Waals surface area contributed by atoms with Crippen LogP contribution in [0.1, 0.15) is 21.1 Å². The maximum absolute atomic E-state index is 12.3. The van der Waals surface area contributed by atoms with Gasteiger partial charge in [-0.2, -0.15) is 0 Å². The minimum absolute atomic E-state index is 0.245. The normalized spacial score (nSPS) is 10.6. The Hall–Kier alpha value is -1.40. The number of nitrogens with zero attached hydrogens (tertiary/aromatic N) is 1. The van der Waals surface area contributed by atoms with E-state index in [0.29, 0.717) is 27.8 Å². The zero-order valence-electron chi connectivity index (χ0n) is 12.2. The van der Waals surface area contributed by atoms with E-state index in [1.54, 1.807) is 23.6 Å². The van der Waals surface area contributed by atoms with Crippen LogP contribution in [-0.4, -0.2) is 10.9 Å². The monoisotopic (exact) mass is 440 g/mol. The number of thiazole rings is 1. The maximum Gasteiger partial charge on any atom is 0.275 e. The lowest BCUT2D eigenvalue weighted by Crippen LogP contribution is -2.12. The highest BCUT2D eigenvalue weighted by atomic mass is 79.9. The van der Waals surface area contributed by atoms with Crippen molar-refractivity contribution in [1.82, 2.24) is 4.98 Å². The SMILES string of the molecule is O=C(Nc1ccc(Br)cc1)c1csc(Cc2c(Cl)cccc2Cl)n1. The molecule has 0 spiro atoms. The number of benzene rings is 2. The molecule has 122 valence electrons. The van der Waals surface area contributed by atoms with Crippen LogP contribution < -0.4 is 5.32 Å². The number of aromatic nitrogens is 1. The molecule has 1 aromatic heterocycles. The number of hydrogen-bond acceptors (Lipinski definition) is 3. The van der Waals surface area contributed by atoms with Gasteiger partial charge in [0.1, 0.15) is 5.69 Å². The number of anilines is 1. The third kappa shape index (κ3) is 4.16. The van der Waals surface area contributed by atoms with Gasteiger partial charge in [0.25, 0.3) is 5.91 Å². The van der Waals surface area contributed by atoms with Gasteiger partial charge in [-0.1, -0.05) is 45.2 Å². The molecule has 0 saturated carbocycles. The van der Waals surface area contributed by atoms with Gasteiger partial charge in [-0.05, 0) is 42.0 Å². The Morgan fingerprint density at radius 3 is 2.46 bits per heavy atom. The van der Waals surface area contributed by atoms with Crippen LogP contribution in [0.3, 0.4) is 0 Å². The molecule has 1 heterocycles. The summed E-state index contributed by atoms with van der Waals surface area (Å²) in [6.07, 6.45) is 0.495. The number of hydrogen-bond donors (Lipinski definition) is 1. The van der Waals surface area contributed by atoms with Crippen LogP contribution in [0, 0.1) is 0 Å². The first-order valence-corrected chi connectivity index (χ1v) is 9.40. The minimum atomic E-state index is -0.245. The van der Waals surface area contributed by atoms with Crippen molar-refractivity contribution in [2.45, 2.75) is 6.42 Å². The summed E-state index contributed by atoms with van der Waals surface area (Å²) >= 11 is 17.1. The molecule has 0 aliphatic rings. The van der Waals surface area contributed by atoms with Gasteiger partial charge < -0.3 is 5.32 Å². The zero-order chi connectivity index (χ0) is 17.1. The van der Waals surface area contributed by atoms with Crippen LogP contribution in [0.2, 0.25) is 10.0 Å². The Bertz CT molecular complexity index is 860. The summed E-state index contributed by atoms with van der Waals surface area (Å²) in [4.78, 5) is 16.6. The predicted octanol–water partition coefficient (Wildman–Crippen LogP) is 6.06. The van der Waals surface area contributed by atoms with Gasteiger partial charge in [0.05, 0.1) is 5.01 Å². The molecule has 0 saturated heterocycles. The average molecular weight is 442 g/mol. The topological polar surface area (TPSA) is 42.0 Å². The molecule has 3 aromatic rings. The van der Waals surface area contributed by atoms with E-state index in [-0.39, 0.29) is 5.91 Å². The molecule has 7 heteroatoms. The minimum Gasteiger partial charge on any atom is -0.321 e. The molecular formula is C17H11BrCl2N2OS. The fraction of sp³-hybridized carbons (Fsp3) is 0.0588. The highest BCUT2D eigenvalue weighted by Crippen LogP contribution is 2.28. The molecule has 2 aromatic carbocycles. The van der Waals surface area contributed by atoms with Crippen molar-refractivity contribution in [2.75, 3.05) is 5.32 Å². The molecule has 0 aliphatic heterocycles. The van der Waals surface area contributed by atoms with Crippen molar-refractivity contribution in [1.29, 1.82) is 0 Å². The van der Waals surface area contributed by atoms with Crippen molar-refractivity contribution in [2.24, 2.45) is 0 Å². The van der Waals surface area contributed by atoms with Crippen molar-refractivity contribution >= 4 is 62.1 Å². The second-order valence-electron chi connectivity index (χ2n) is 4.96. The van der Waals surface area contributed by atoms with Crippen LogP contribution in [-0.2, 0) is 6.42 Å². The number of halogens is 3. The molecule has 0 unspecified atom stereocenters. The van der Waals surface area contributed by atoms with Crippen LogP contribution in [0.4, 0.5) is 5.69 Å². The summed E-state index contributed by atoms with van der Waals surface area (Å²) in [5, 5.41) is 6.52. The molecule has 24 heavy (non-hydrogen) atoms. The average Bonchev–Trinajstić information content (AvgIpc) is 3.02. The highest BCUT2D eigenvalue weighted by molar-refractivity contribution is 9.10. The van der Waals surface area contributed by atoms with Crippen molar-refractivity contribution in [3.63, 3.8) is 0 Å². The second-order valence-corrected chi connectivity index (χ2v) is 7.64. The highest BCUT2D eigenvalue weighted by Gasteiger charge is 2.13. The Morgan fingerprint density at radius 2 is 1.79 bits per heavy atom. The number of amides is 1. The van der Waals surface area contributed by atoms with Gasteiger partial charge in [-0.3, -0.25) is 4.79 Å². The standard InChI is InChI=1S/C17H11BrCl2N2OS/c18-10-4-6-11(7-5-10)21-17(23)15-9-24-16(22-15)8-12-13(19)2-1-3-14(12)20/h1-7,9H,8H2,(H,21,23). The molecule has 0 radical (unpaired) electrons. The third-order valence-corrected chi connectivity index (χ3v) is 5.36. The zero-order valence-corrected chi connectivity index (χ0v) is 16.1. The number of carbonyl (C=O) groups is 1. The molecule has 0 fully saturated rings. The van der Waals surface area contributed by atoms with E-state index in [9.17, 15) is 4.79 Å². The second kappa shape index (κ2) is 7.66. The largest absolute Gasteiger partial charge is 0.321 e. The molecule has 1 N–H and O–H groups in total. The predicted molar refractivity (Wildman–Crippen MR) is 103 cm³/mol. The fourth-order valence-corrected chi connectivity index (χ4v) is 3.66. The Labute approximate surface area is 161 Å². The van der Waals surface area contributed by atoms with Gasteiger partial charge in [-0.25, -0.2) is 4.98 Å². The summed E-state index contributed by atoms with van der Waals surface area (Å²) in [7, 11) is 0. The van der Waals surface area contributed by atoms with Gasteiger partial charge in [0, 0.05) is 32.0 Å². The van der Waals surface area contributed by atoms with Gasteiger partial charge >= 0.3 is 0 Å². The molecule has 0 bridgehead atoms. The Kier molecular flexibility index (Phi) is 5.56. The first kappa shape index (κ1) is 17.4. The van der Waals surface area contributed by atoms with Crippen molar-refractivity contribution in [3.05, 3.63) is 78.6 Å². The summed E-state index contributed by atoms with van der Waals surface area (Å²) in [5.41, 5.74) is 1.91. The van der Waals surface area contributed by atoms with Gasteiger partial charge in [0.15, 0.2) is 0 Å². The third-order valence-electron chi connectivity index (χ3n) is 3.28. The smallest absolute Gasteiger partial charge is 0.275 e. The van der Waals surface area contributed by atoms with E-state index in [1.807, 2.05) is 24.3 Å².